The van der Waals surface area contributed by atoms with Crippen LogP contribution in [0.2, 0.25) is 10.0 Å². The Bertz CT molecular complexity index is 1010. The lowest BCUT2D eigenvalue weighted by atomic mass is 10.2. The van der Waals surface area contributed by atoms with E-state index in [-0.39, 0.29) is 34.0 Å². The summed E-state index contributed by atoms with van der Waals surface area (Å²) < 4.78 is 0. The van der Waals surface area contributed by atoms with E-state index in [1.807, 2.05) is 25.1 Å². The van der Waals surface area contributed by atoms with E-state index < -0.39 is 11.2 Å². The number of hydrazone groups is 1. The van der Waals surface area contributed by atoms with Crippen LogP contribution in [0, 0.1) is 6.92 Å². The molecule has 10 heteroatoms. The second-order valence-electron chi connectivity index (χ2n) is 6.15. The maximum Gasteiger partial charge on any atom is 0.272 e. The van der Waals surface area contributed by atoms with E-state index in [2.05, 4.69) is 21.2 Å². The Morgan fingerprint density at radius 2 is 1.97 bits per heavy atom. The Morgan fingerprint density at radius 1 is 1.21 bits per heavy atom. The minimum Gasteiger partial charge on any atom is -0.325 e. The number of carbonyl (C=O) groups excluding carboxylic acids is 3. The van der Waals surface area contributed by atoms with Gasteiger partial charge in [-0.1, -0.05) is 53.2 Å². The molecule has 150 valence electrons. The molecule has 0 aromatic heterocycles. The van der Waals surface area contributed by atoms with Gasteiger partial charge in [0.2, 0.25) is 11.8 Å². The molecule has 3 amide bonds. The van der Waals surface area contributed by atoms with Gasteiger partial charge in [0.15, 0.2) is 5.17 Å². The van der Waals surface area contributed by atoms with Crippen LogP contribution in [0.25, 0.3) is 0 Å². The van der Waals surface area contributed by atoms with Gasteiger partial charge in [0.1, 0.15) is 5.25 Å². The number of rotatable bonds is 4. The van der Waals surface area contributed by atoms with Gasteiger partial charge in [-0.15, -0.1) is 5.10 Å². The summed E-state index contributed by atoms with van der Waals surface area (Å²) in [6.07, 6.45) is -0.00163. The molecule has 7 nitrogen and oxygen atoms in total. The molecule has 0 saturated carbocycles. The van der Waals surface area contributed by atoms with Crippen LogP contribution < -0.4 is 16.1 Å². The predicted octanol–water partition coefficient (Wildman–Crippen LogP) is 3.56. The number of benzene rings is 2. The topological polar surface area (TPSA) is 99.7 Å². The van der Waals surface area contributed by atoms with Crippen molar-refractivity contribution in [2.45, 2.75) is 18.6 Å². The fourth-order valence-corrected chi connectivity index (χ4v) is 3.94. The van der Waals surface area contributed by atoms with Gasteiger partial charge >= 0.3 is 0 Å². The van der Waals surface area contributed by atoms with Crippen molar-refractivity contribution < 1.29 is 14.4 Å². The first kappa shape index (κ1) is 21.2. The van der Waals surface area contributed by atoms with Gasteiger partial charge in [-0.05, 0) is 36.8 Å². The number of nitrogens with zero attached hydrogens (tertiary/aromatic N) is 1. The molecule has 1 aliphatic rings. The summed E-state index contributed by atoms with van der Waals surface area (Å²) in [7, 11) is 0. The zero-order valence-corrected chi connectivity index (χ0v) is 17.5. The number of hydrogen-bond acceptors (Lipinski definition) is 5. The molecule has 2 aromatic rings. The molecule has 0 spiro atoms. The van der Waals surface area contributed by atoms with Crippen molar-refractivity contribution in [2.75, 3.05) is 5.32 Å². The van der Waals surface area contributed by atoms with Gasteiger partial charge < -0.3 is 10.6 Å². The van der Waals surface area contributed by atoms with E-state index in [4.69, 9.17) is 23.2 Å². The van der Waals surface area contributed by atoms with Crippen molar-refractivity contribution >= 4 is 63.5 Å². The third-order valence-corrected chi connectivity index (χ3v) is 5.63. The van der Waals surface area contributed by atoms with E-state index in [0.29, 0.717) is 10.7 Å². The fraction of sp³-hybridized carbons (Fsp3) is 0.158. The van der Waals surface area contributed by atoms with Crippen LogP contribution >= 0.6 is 35.0 Å². The number of thioether (sulfide) groups is 1. The van der Waals surface area contributed by atoms with Crippen molar-refractivity contribution in [2.24, 2.45) is 5.10 Å². The second kappa shape index (κ2) is 9.30. The zero-order chi connectivity index (χ0) is 21.0. The van der Waals surface area contributed by atoms with E-state index in [1.54, 1.807) is 6.07 Å². The van der Waals surface area contributed by atoms with Gasteiger partial charge in [0, 0.05) is 17.1 Å². The Balaban J connectivity index is 1.67. The summed E-state index contributed by atoms with van der Waals surface area (Å²) in [5.74, 6) is -1.26. The summed E-state index contributed by atoms with van der Waals surface area (Å²) in [5, 5.41) is 9.26. The van der Waals surface area contributed by atoms with Gasteiger partial charge in [-0.2, -0.15) is 0 Å². The summed E-state index contributed by atoms with van der Waals surface area (Å²) in [5.41, 5.74) is 4.09. The van der Waals surface area contributed by atoms with E-state index in [9.17, 15) is 14.4 Å². The van der Waals surface area contributed by atoms with Crippen LogP contribution in [-0.4, -0.2) is 28.1 Å². The summed E-state index contributed by atoms with van der Waals surface area (Å²) in [6, 6.07) is 11.8. The Kier molecular flexibility index (Phi) is 6.79. The van der Waals surface area contributed by atoms with Crippen molar-refractivity contribution in [1.29, 1.82) is 0 Å². The molecule has 1 heterocycles. The van der Waals surface area contributed by atoms with E-state index in [1.165, 1.54) is 18.2 Å². The first-order chi connectivity index (χ1) is 13.8. The predicted molar refractivity (Wildman–Crippen MR) is 115 cm³/mol. The molecule has 29 heavy (non-hydrogen) atoms. The minimum atomic E-state index is -0.682. The Morgan fingerprint density at radius 3 is 2.69 bits per heavy atom. The van der Waals surface area contributed by atoms with Crippen LogP contribution in [-0.2, 0) is 9.59 Å². The lowest BCUT2D eigenvalue weighted by Gasteiger charge is -2.22. The maximum atomic E-state index is 12.6. The number of nitrogens with one attached hydrogen (secondary N) is 3. The Labute approximate surface area is 181 Å². The first-order valence-corrected chi connectivity index (χ1v) is 10.1. The molecule has 1 aliphatic heterocycles. The molecule has 1 saturated heterocycles. The largest absolute Gasteiger partial charge is 0.325 e. The number of amides is 3. The number of hydrogen-bond donors (Lipinski definition) is 3. The number of amidine groups is 1. The van der Waals surface area contributed by atoms with Crippen LogP contribution in [0.15, 0.2) is 47.6 Å². The molecule has 1 fully saturated rings. The number of anilines is 1. The minimum absolute atomic E-state index is 0.00163. The zero-order valence-electron chi connectivity index (χ0n) is 15.2. The molecule has 0 radical (unpaired) electrons. The van der Waals surface area contributed by atoms with Crippen LogP contribution in [0.3, 0.4) is 0 Å². The highest BCUT2D eigenvalue weighted by atomic mass is 35.5. The summed E-state index contributed by atoms with van der Waals surface area (Å²) in [4.78, 5) is 36.8. The van der Waals surface area contributed by atoms with Crippen molar-refractivity contribution in [3.05, 3.63) is 63.6 Å². The molecule has 1 atom stereocenters. The number of aryl methyl sites for hydroxylation is 1. The second-order valence-corrected chi connectivity index (χ2v) is 8.18. The van der Waals surface area contributed by atoms with Crippen LogP contribution in [0.4, 0.5) is 5.69 Å². The highest BCUT2D eigenvalue weighted by Crippen LogP contribution is 2.24. The highest BCUT2D eigenvalue weighted by molar-refractivity contribution is 8.15. The number of halogens is 2. The third-order valence-electron chi connectivity index (χ3n) is 4.00. The summed E-state index contributed by atoms with van der Waals surface area (Å²) in [6.45, 7) is 1.88. The lowest BCUT2D eigenvalue weighted by Crippen LogP contribution is -2.43. The average molecular weight is 451 g/mol. The van der Waals surface area contributed by atoms with E-state index in [0.717, 1.165) is 17.3 Å². The molecule has 3 rings (SSSR count). The molecular formula is C19H16Cl2N4O3S. The van der Waals surface area contributed by atoms with Gasteiger partial charge in [0.05, 0.1) is 10.6 Å². The normalized spacial score (nSPS) is 17.6. The van der Waals surface area contributed by atoms with Crippen LogP contribution in [0.5, 0.6) is 0 Å². The number of carbonyl (C=O) groups is 3. The standard InChI is InChI=1S/C19H16Cl2N4O3S/c1-10-4-2-3-5-14(10)22-18(28)15-9-16(26)23-19(29-15)25-24-17(27)12-7-6-11(20)8-13(12)21/h2-8,15H,9H2,1H3,(H,22,28)(H,24,27)(H,23,25,26)/t15-/m1/s1. The van der Waals surface area contributed by atoms with Crippen molar-refractivity contribution in [3.63, 3.8) is 0 Å². The van der Waals surface area contributed by atoms with Gasteiger partial charge in [-0.25, -0.2) is 5.43 Å². The van der Waals surface area contributed by atoms with Crippen molar-refractivity contribution in [1.82, 2.24) is 10.7 Å². The van der Waals surface area contributed by atoms with Gasteiger partial charge in [-0.3, -0.25) is 14.4 Å². The monoisotopic (exact) mass is 450 g/mol. The average Bonchev–Trinajstić information content (AvgIpc) is 2.67. The third kappa shape index (κ3) is 5.50. The smallest absolute Gasteiger partial charge is 0.272 e. The maximum absolute atomic E-state index is 12.6. The van der Waals surface area contributed by atoms with Crippen LogP contribution in [0.1, 0.15) is 22.3 Å². The molecule has 2 aromatic carbocycles. The molecule has 0 unspecified atom stereocenters. The van der Waals surface area contributed by atoms with Gasteiger partial charge in [0.25, 0.3) is 5.91 Å². The molecule has 0 bridgehead atoms. The quantitative estimate of drug-likeness (QED) is 0.619. The number of para-hydroxylation sites is 1. The SMILES string of the molecule is Cc1ccccc1NC(=O)[C@H]1CC(=O)N/C(=N\NC(=O)c2ccc(Cl)cc2Cl)S1. The molecule has 0 aliphatic carbocycles. The van der Waals surface area contributed by atoms with E-state index >= 15 is 0 Å². The first-order valence-electron chi connectivity index (χ1n) is 8.49. The highest BCUT2D eigenvalue weighted by Gasteiger charge is 2.30. The fourth-order valence-electron chi connectivity index (χ4n) is 2.51. The molecular weight excluding hydrogens is 435 g/mol. The molecule has 3 N–H and O–H groups in total. The van der Waals surface area contributed by atoms with Crippen molar-refractivity contribution in [3.8, 4) is 0 Å². The lowest BCUT2D eigenvalue weighted by molar-refractivity contribution is -0.123. The summed E-state index contributed by atoms with van der Waals surface area (Å²) >= 11 is 12.9. The Hall–Kier alpha value is -2.55.